The van der Waals surface area contributed by atoms with E-state index < -0.39 is 0 Å². The highest BCUT2D eigenvalue weighted by molar-refractivity contribution is 6.39. The van der Waals surface area contributed by atoms with Crippen LogP contribution in [0.1, 0.15) is 11.3 Å². The van der Waals surface area contributed by atoms with E-state index in [1.54, 1.807) is 31.5 Å². The SMILES string of the molecule is COc1ccc(N=CCc2onc(-c3c(Cl)cccc3Cl)c2C#N)cc1. The monoisotopic (exact) mass is 385 g/mol. The molecule has 26 heavy (non-hydrogen) atoms. The van der Waals surface area contributed by atoms with Crippen LogP contribution in [0.15, 0.2) is 52.0 Å². The molecule has 7 heteroatoms. The lowest BCUT2D eigenvalue weighted by Gasteiger charge is -2.02. The van der Waals surface area contributed by atoms with Crippen LogP contribution in [0.3, 0.4) is 0 Å². The molecule has 0 N–H and O–H groups in total. The van der Waals surface area contributed by atoms with Crippen LogP contribution in [0.25, 0.3) is 11.3 Å². The number of aliphatic imine (C=N–C) groups is 1. The Bertz CT molecular complexity index is 969. The lowest BCUT2D eigenvalue weighted by atomic mass is 10.1. The average Bonchev–Trinajstić information content (AvgIpc) is 3.04. The maximum atomic E-state index is 9.51. The van der Waals surface area contributed by atoms with Gasteiger partial charge in [0.05, 0.1) is 22.8 Å². The van der Waals surface area contributed by atoms with Crippen molar-refractivity contribution >= 4 is 35.1 Å². The number of aromatic nitrogens is 1. The van der Waals surface area contributed by atoms with Crippen molar-refractivity contribution in [2.24, 2.45) is 4.99 Å². The first kappa shape index (κ1) is 18.0. The van der Waals surface area contributed by atoms with Gasteiger partial charge in [-0.15, -0.1) is 0 Å². The predicted molar refractivity (Wildman–Crippen MR) is 102 cm³/mol. The van der Waals surface area contributed by atoms with E-state index in [4.69, 9.17) is 32.5 Å². The Labute approximate surface area is 160 Å². The van der Waals surface area contributed by atoms with Gasteiger partial charge >= 0.3 is 0 Å². The predicted octanol–water partition coefficient (Wildman–Crippen LogP) is 5.47. The summed E-state index contributed by atoms with van der Waals surface area (Å²) >= 11 is 12.4. The molecule has 0 radical (unpaired) electrons. The van der Waals surface area contributed by atoms with E-state index in [-0.39, 0.29) is 0 Å². The first-order valence-electron chi connectivity index (χ1n) is 7.63. The first-order valence-corrected chi connectivity index (χ1v) is 8.39. The molecule has 5 nitrogen and oxygen atoms in total. The van der Waals surface area contributed by atoms with Crippen molar-refractivity contribution in [2.75, 3.05) is 7.11 Å². The van der Waals surface area contributed by atoms with Crippen LogP contribution in [-0.4, -0.2) is 18.5 Å². The highest BCUT2D eigenvalue weighted by Crippen LogP contribution is 2.36. The van der Waals surface area contributed by atoms with E-state index in [2.05, 4.69) is 16.2 Å². The third kappa shape index (κ3) is 3.72. The zero-order valence-corrected chi connectivity index (χ0v) is 15.3. The van der Waals surface area contributed by atoms with Crippen LogP contribution >= 0.6 is 23.2 Å². The molecule has 1 heterocycles. The molecule has 0 spiro atoms. The quantitative estimate of drug-likeness (QED) is 0.545. The minimum absolute atomic E-state index is 0.293. The van der Waals surface area contributed by atoms with Crippen LogP contribution in [-0.2, 0) is 6.42 Å². The van der Waals surface area contributed by atoms with Crippen molar-refractivity contribution in [3.63, 3.8) is 0 Å². The summed E-state index contributed by atoms with van der Waals surface area (Å²) in [6.07, 6.45) is 1.96. The van der Waals surface area contributed by atoms with Gasteiger partial charge < -0.3 is 9.26 Å². The second kappa shape index (κ2) is 8.05. The van der Waals surface area contributed by atoms with Crippen molar-refractivity contribution in [3.8, 4) is 23.1 Å². The fraction of sp³-hybridized carbons (Fsp3) is 0.105. The first-order chi connectivity index (χ1) is 12.6. The fourth-order valence-electron chi connectivity index (χ4n) is 2.38. The zero-order valence-electron chi connectivity index (χ0n) is 13.7. The molecule has 0 aliphatic rings. The van der Waals surface area contributed by atoms with Gasteiger partial charge in [0, 0.05) is 18.2 Å². The van der Waals surface area contributed by atoms with Crippen LogP contribution < -0.4 is 4.74 Å². The number of rotatable bonds is 5. The van der Waals surface area contributed by atoms with Gasteiger partial charge in [0.25, 0.3) is 0 Å². The summed E-state index contributed by atoms with van der Waals surface area (Å²) in [5, 5.41) is 14.3. The smallest absolute Gasteiger partial charge is 0.160 e. The minimum atomic E-state index is 0.293. The number of hydrogen-bond acceptors (Lipinski definition) is 5. The van der Waals surface area contributed by atoms with E-state index in [1.807, 2.05) is 24.3 Å². The van der Waals surface area contributed by atoms with Crippen LogP contribution in [0.5, 0.6) is 5.75 Å². The molecule has 130 valence electrons. The summed E-state index contributed by atoms with van der Waals surface area (Å²) < 4.78 is 10.4. The largest absolute Gasteiger partial charge is 0.497 e. The van der Waals surface area contributed by atoms with Crippen molar-refractivity contribution in [2.45, 2.75) is 6.42 Å². The van der Waals surface area contributed by atoms with Crippen molar-refractivity contribution in [3.05, 3.63) is 63.8 Å². The van der Waals surface area contributed by atoms with Crippen LogP contribution in [0, 0.1) is 11.3 Å². The molecule has 0 bridgehead atoms. The maximum absolute atomic E-state index is 9.51. The Morgan fingerprint density at radius 3 is 2.50 bits per heavy atom. The Hall–Kier alpha value is -2.81. The summed E-state index contributed by atoms with van der Waals surface area (Å²) in [6.45, 7) is 0. The number of hydrogen-bond donors (Lipinski definition) is 0. The molecular formula is C19H13Cl2N3O2. The summed E-state index contributed by atoms with van der Waals surface area (Å²) in [5.74, 6) is 1.16. The molecule has 0 saturated heterocycles. The van der Waals surface area contributed by atoms with E-state index in [0.717, 1.165) is 11.4 Å². The Kier molecular flexibility index (Phi) is 5.57. The molecule has 0 unspecified atom stereocenters. The number of halogens is 2. The molecule has 3 rings (SSSR count). The lowest BCUT2D eigenvalue weighted by Crippen LogP contribution is -1.90. The lowest BCUT2D eigenvalue weighted by molar-refractivity contribution is 0.395. The molecule has 0 amide bonds. The van der Waals surface area contributed by atoms with Gasteiger partial charge in [-0.25, -0.2) is 0 Å². The molecule has 2 aromatic carbocycles. The van der Waals surface area contributed by atoms with Gasteiger partial charge in [0.2, 0.25) is 0 Å². The summed E-state index contributed by atoms with van der Waals surface area (Å²) in [4.78, 5) is 4.34. The molecule has 1 aromatic heterocycles. The second-order valence-electron chi connectivity index (χ2n) is 5.25. The van der Waals surface area contributed by atoms with Gasteiger partial charge in [-0.1, -0.05) is 34.4 Å². The average molecular weight is 386 g/mol. The molecule has 0 saturated carbocycles. The topological polar surface area (TPSA) is 71.4 Å². The minimum Gasteiger partial charge on any atom is -0.497 e. The number of methoxy groups -OCH3 is 1. The van der Waals surface area contributed by atoms with Crippen molar-refractivity contribution in [1.82, 2.24) is 5.16 Å². The zero-order chi connectivity index (χ0) is 18.5. The Morgan fingerprint density at radius 1 is 1.19 bits per heavy atom. The van der Waals surface area contributed by atoms with Gasteiger partial charge in [-0.05, 0) is 36.4 Å². The molecule has 0 aliphatic heterocycles. The maximum Gasteiger partial charge on any atom is 0.160 e. The van der Waals surface area contributed by atoms with Crippen molar-refractivity contribution in [1.29, 1.82) is 5.26 Å². The number of ether oxygens (including phenoxy) is 1. The van der Waals surface area contributed by atoms with E-state index in [1.165, 1.54) is 0 Å². The fourth-order valence-corrected chi connectivity index (χ4v) is 2.95. The molecular weight excluding hydrogens is 373 g/mol. The Balaban J connectivity index is 1.85. The number of nitrogens with zero attached hydrogens (tertiary/aromatic N) is 3. The standard InChI is InChI=1S/C19H13Cl2N3O2/c1-25-13-7-5-12(6-8-13)23-10-9-17-14(11-22)19(24-26-17)18-15(20)3-2-4-16(18)21/h2-8,10H,9H2,1H3. The van der Waals surface area contributed by atoms with Crippen LogP contribution in [0.2, 0.25) is 10.0 Å². The molecule has 0 atom stereocenters. The van der Waals surface area contributed by atoms with E-state index in [0.29, 0.717) is 39.0 Å². The second-order valence-corrected chi connectivity index (χ2v) is 6.07. The van der Waals surface area contributed by atoms with Gasteiger partial charge in [0.1, 0.15) is 23.1 Å². The molecule has 0 fully saturated rings. The molecule has 0 aliphatic carbocycles. The van der Waals surface area contributed by atoms with E-state index in [9.17, 15) is 5.26 Å². The van der Waals surface area contributed by atoms with Gasteiger partial charge in [0.15, 0.2) is 5.76 Å². The van der Waals surface area contributed by atoms with Gasteiger partial charge in [-0.3, -0.25) is 4.99 Å². The van der Waals surface area contributed by atoms with E-state index >= 15 is 0 Å². The normalized spacial score (nSPS) is 10.8. The summed E-state index contributed by atoms with van der Waals surface area (Å²) in [5.41, 5.74) is 1.87. The highest BCUT2D eigenvalue weighted by atomic mass is 35.5. The molecule has 3 aromatic rings. The van der Waals surface area contributed by atoms with Crippen LogP contribution in [0.4, 0.5) is 5.69 Å². The third-order valence-corrected chi connectivity index (χ3v) is 4.29. The van der Waals surface area contributed by atoms with Gasteiger partial charge in [-0.2, -0.15) is 5.26 Å². The third-order valence-electron chi connectivity index (χ3n) is 3.66. The summed E-state index contributed by atoms with van der Waals surface area (Å²) in [7, 11) is 1.61. The van der Waals surface area contributed by atoms with Crippen molar-refractivity contribution < 1.29 is 9.26 Å². The number of nitriles is 1. The summed E-state index contributed by atoms with van der Waals surface area (Å²) in [6, 6.07) is 14.5. The highest BCUT2D eigenvalue weighted by Gasteiger charge is 2.21. The number of benzene rings is 2. The Morgan fingerprint density at radius 2 is 1.88 bits per heavy atom.